The topological polar surface area (TPSA) is 61.0 Å². The van der Waals surface area contributed by atoms with Crippen molar-refractivity contribution in [1.82, 2.24) is 15.3 Å². The molecule has 0 spiro atoms. The number of nitrogens with zero attached hydrogens (tertiary/aromatic N) is 2. The smallest absolute Gasteiger partial charge is 0.261 e. The van der Waals surface area contributed by atoms with Crippen LogP contribution in [0.2, 0.25) is 0 Å². The molecule has 5 nitrogen and oxygen atoms in total. The monoisotopic (exact) mass is 292 g/mol. The lowest BCUT2D eigenvalue weighted by molar-refractivity contribution is 0.724. The minimum absolute atomic E-state index is 0.00726. The van der Waals surface area contributed by atoms with Gasteiger partial charge in [0.05, 0.1) is 5.39 Å². The highest BCUT2D eigenvalue weighted by atomic mass is 32.1. The lowest BCUT2D eigenvalue weighted by Gasteiger charge is -2.20. The quantitative estimate of drug-likeness (QED) is 0.887. The van der Waals surface area contributed by atoms with E-state index in [1.165, 1.54) is 0 Å². The van der Waals surface area contributed by atoms with Gasteiger partial charge in [0, 0.05) is 19.6 Å². The Morgan fingerprint density at radius 2 is 2.20 bits per heavy atom. The van der Waals surface area contributed by atoms with Crippen LogP contribution >= 0.6 is 11.3 Å². The predicted molar refractivity (Wildman–Crippen MR) is 84.0 cm³/mol. The second-order valence-electron chi connectivity index (χ2n) is 5.51. The number of aromatic nitrogens is 2. The fraction of sp³-hybridized carbons (Fsp3) is 0.571. The third kappa shape index (κ3) is 2.45. The van der Waals surface area contributed by atoms with Crippen LogP contribution in [0, 0.1) is 0 Å². The van der Waals surface area contributed by atoms with Gasteiger partial charge in [-0.25, -0.2) is 4.98 Å². The molecule has 2 aromatic rings. The van der Waals surface area contributed by atoms with E-state index in [1.807, 2.05) is 0 Å². The highest BCUT2D eigenvalue weighted by Gasteiger charge is 2.17. The van der Waals surface area contributed by atoms with Gasteiger partial charge >= 0.3 is 0 Å². The van der Waals surface area contributed by atoms with Crippen LogP contribution in [0.1, 0.15) is 31.7 Å². The number of H-pyrrole nitrogens is 1. The van der Waals surface area contributed by atoms with Gasteiger partial charge in [0.25, 0.3) is 5.56 Å². The Bertz CT molecular complexity index is 653. The number of hydrogen-bond acceptors (Lipinski definition) is 5. The van der Waals surface area contributed by atoms with Crippen molar-refractivity contribution in [2.24, 2.45) is 0 Å². The molecule has 3 heterocycles. The minimum atomic E-state index is -0.00726. The predicted octanol–water partition coefficient (Wildman–Crippen LogP) is 1.91. The van der Waals surface area contributed by atoms with Crippen LogP contribution in [0.4, 0.5) is 5.95 Å². The molecule has 0 radical (unpaired) electrons. The molecule has 1 aliphatic rings. The molecule has 3 rings (SSSR count). The SMILES string of the molecule is CC(C)c1csc2nc(N3CCCNCC3)[nH]c(=O)c12. The zero-order valence-corrected chi connectivity index (χ0v) is 12.7. The van der Waals surface area contributed by atoms with Gasteiger partial charge in [-0.3, -0.25) is 9.78 Å². The summed E-state index contributed by atoms with van der Waals surface area (Å²) in [6.45, 7) is 7.99. The molecule has 0 aliphatic carbocycles. The molecule has 1 aliphatic heterocycles. The number of hydrogen-bond donors (Lipinski definition) is 2. The first kappa shape index (κ1) is 13.6. The zero-order valence-electron chi connectivity index (χ0n) is 11.9. The van der Waals surface area contributed by atoms with Crippen molar-refractivity contribution in [3.05, 3.63) is 21.3 Å². The molecule has 0 unspecified atom stereocenters. The number of fused-ring (bicyclic) bond motifs is 1. The van der Waals surface area contributed by atoms with Crippen molar-refractivity contribution in [2.75, 3.05) is 31.1 Å². The largest absolute Gasteiger partial charge is 0.341 e. The van der Waals surface area contributed by atoms with Crippen LogP contribution < -0.4 is 15.8 Å². The molecular weight excluding hydrogens is 272 g/mol. The second kappa shape index (κ2) is 5.54. The highest BCUT2D eigenvalue weighted by molar-refractivity contribution is 7.16. The first-order valence-electron chi connectivity index (χ1n) is 7.14. The highest BCUT2D eigenvalue weighted by Crippen LogP contribution is 2.28. The molecule has 2 aromatic heterocycles. The van der Waals surface area contributed by atoms with Crippen molar-refractivity contribution in [1.29, 1.82) is 0 Å². The lowest BCUT2D eigenvalue weighted by atomic mass is 10.0. The normalized spacial score (nSPS) is 16.9. The van der Waals surface area contributed by atoms with Gasteiger partial charge in [0.1, 0.15) is 4.83 Å². The number of rotatable bonds is 2. The first-order chi connectivity index (χ1) is 9.66. The van der Waals surface area contributed by atoms with Crippen LogP contribution in [-0.2, 0) is 0 Å². The van der Waals surface area contributed by atoms with E-state index in [4.69, 9.17) is 0 Å². The van der Waals surface area contributed by atoms with E-state index in [1.54, 1.807) is 11.3 Å². The average molecular weight is 292 g/mol. The summed E-state index contributed by atoms with van der Waals surface area (Å²) in [5.74, 6) is 1.06. The van der Waals surface area contributed by atoms with E-state index in [-0.39, 0.29) is 5.56 Å². The molecule has 0 amide bonds. The van der Waals surface area contributed by atoms with Gasteiger partial charge in [-0.05, 0) is 29.8 Å². The van der Waals surface area contributed by atoms with E-state index in [2.05, 4.69) is 39.4 Å². The van der Waals surface area contributed by atoms with Gasteiger partial charge in [-0.1, -0.05) is 13.8 Å². The van der Waals surface area contributed by atoms with Gasteiger partial charge < -0.3 is 10.2 Å². The molecule has 0 bridgehead atoms. The Balaban J connectivity index is 2.04. The summed E-state index contributed by atoms with van der Waals surface area (Å²) < 4.78 is 0. The van der Waals surface area contributed by atoms with Crippen LogP contribution in [0.3, 0.4) is 0 Å². The average Bonchev–Trinajstić information content (AvgIpc) is 2.67. The van der Waals surface area contributed by atoms with Gasteiger partial charge in [-0.15, -0.1) is 11.3 Å². The molecule has 6 heteroatoms. The standard InChI is InChI=1S/C14H20N4OS/c1-9(2)10-8-20-13-11(10)12(19)16-14(17-13)18-6-3-4-15-5-7-18/h8-9,15H,3-7H2,1-2H3,(H,16,17,19). The fourth-order valence-electron chi connectivity index (χ4n) is 2.59. The summed E-state index contributed by atoms with van der Waals surface area (Å²) in [5.41, 5.74) is 1.09. The van der Waals surface area contributed by atoms with E-state index < -0.39 is 0 Å². The number of nitrogens with one attached hydrogen (secondary N) is 2. The van der Waals surface area contributed by atoms with Crippen LogP contribution in [0.15, 0.2) is 10.2 Å². The molecule has 1 saturated heterocycles. The summed E-state index contributed by atoms with van der Waals surface area (Å²) in [6.07, 6.45) is 1.07. The summed E-state index contributed by atoms with van der Waals surface area (Å²) in [7, 11) is 0. The molecule has 0 atom stereocenters. The Labute approximate surface area is 122 Å². The van der Waals surface area contributed by atoms with Gasteiger partial charge in [-0.2, -0.15) is 0 Å². The van der Waals surface area contributed by atoms with E-state index in [0.717, 1.165) is 48.4 Å². The molecule has 2 N–H and O–H groups in total. The third-order valence-corrected chi connectivity index (χ3v) is 4.61. The Morgan fingerprint density at radius 1 is 1.35 bits per heavy atom. The van der Waals surface area contributed by atoms with E-state index in [0.29, 0.717) is 11.9 Å². The van der Waals surface area contributed by atoms with E-state index >= 15 is 0 Å². The molecule has 1 fully saturated rings. The molecular formula is C14H20N4OS. The molecule has 20 heavy (non-hydrogen) atoms. The summed E-state index contributed by atoms with van der Waals surface area (Å²) in [6, 6.07) is 0. The van der Waals surface area contributed by atoms with Crippen LogP contribution in [-0.4, -0.2) is 36.1 Å². The molecule has 108 valence electrons. The Kier molecular flexibility index (Phi) is 3.76. The maximum Gasteiger partial charge on any atom is 0.261 e. The number of anilines is 1. The van der Waals surface area contributed by atoms with Crippen molar-refractivity contribution >= 4 is 27.5 Å². The Hall–Kier alpha value is -1.40. The van der Waals surface area contributed by atoms with E-state index in [9.17, 15) is 4.79 Å². The van der Waals surface area contributed by atoms with Crippen molar-refractivity contribution in [3.8, 4) is 0 Å². The van der Waals surface area contributed by atoms with Crippen LogP contribution in [0.25, 0.3) is 10.2 Å². The number of aromatic amines is 1. The summed E-state index contributed by atoms with van der Waals surface area (Å²) in [5, 5.41) is 6.19. The maximum atomic E-state index is 12.4. The summed E-state index contributed by atoms with van der Waals surface area (Å²) in [4.78, 5) is 23.0. The van der Waals surface area contributed by atoms with Gasteiger partial charge in [0.15, 0.2) is 0 Å². The maximum absolute atomic E-state index is 12.4. The summed E-state index contributed by atoms with van der Waals surface area (Å²) >= 11 is 1.57. The third-order valence-electron chi connectivity index (χ3n) is 3.72. The number of thiophene rings is 1. The lowest BCUT2D eigenvalue weighted by Crippen LogP contribution is -2.31. The molecule has 0 aromatic carbocycles. The van der Waals surface area contributed by atoms with Crippen molar-refractivity contribution in [3.63, 3.8) is 0 Å². The van der Waals surface area contributed by atoms with Crippen molar-refractivity contribution in [2.45, 2.75) is 26.2 Å². The molecule has 0 saturated carbocycles. The van der Waals surface area contributed by atoms with Crippen molar-refractivity contribution < 1.29 is 0 Å². The second-order valence-corrected chi connectivity index (χ2v) is 6.36. The Morgan fingerprint density at radius 3 is 3.00 bits per heavy atom. The fourth-order valence-corrected chi connectivity index (χ4v) is 3.69. The zero-order chi connectivity index (χ0) is 14.1. The first-order valence-corrected chi connectivity index (χ1v) is 8.02. The van der Waals surface area contributed by atoms with Gasteiger partial charge in [0.2, 0.25) is 5.95 Å². The van der Waals surface area contributed by atoms with Crippen LogP contribution in [0.5, 0.6) is 0 Å². The minimum Gasteiger partial charge on any atom is -0.341 e.